The van der Waals surface area contributed by atoms with Gasteiger partial charge in [0.05, 0.1) is 10.6 Å². The Kier molecular flexibility index (Phi) is 4.33. The van der Waals surface area contributed by atoms with Gasteiger partial charge in [0.1, 0.15) is 0 Å². The second-order valence-corrected chi connectivity index (χ2v) is 4.74. The van der Waals surface area contributed by atoms with Crippen LogP contribution in [-0.4, -0.2) is 11.7 Å². The van der Waals surface area contributed by atoms with Gasteiger partial charge in [-0.05, 0) is 31.2 Å². The predicted octanol–water partition coefficient (Wildman–Crippen LogP) is 4.07. The number of hydrogen-bond donors (Lipinski definition) is 1. The number of hydrogen-bond acceptors (Lipinski definition) is 2. The van der Waals surface area contributed by atoms with Crippen LogP contribution in [0.4, 0.5) is 14.5 Å². The maximum Gasteiger partial charge on any atom is 0.257 e. The van der Waals surface area contributed by atoms with Crippen LogP contribution in [0.15, 0.2) is 36.4 Å². The maximum absolute atomic E-state index is 13.2. The monoisotopic (exact) mass is 309 g/mol. The number of halogens is 3. The molecule has 0 aliphatic heterocycles. The summed E-state index contributed by atoms with van der Waals surface area (Å²) in [7, 11) is 0. The van der Waals surface area contributed by atoms with Crippen molar-refractivity contribution in [1.29, 1.82) is 0 Å². The van der Waals surface area contributed by atoms with Crippen LogP contribution in [-0.2, 0) is 0 Å². The molecule has 0 atom stereocenters. The van der Waals surface area contributed by atoms with Gasteiger partial charge in [-0.15, -0.1) is 0 Å². The molecule has 2 aromatic rings. The van der Waals surface area contributed by atoms with E-state index in [2.05, 4.69) is 5.32 Å². The summed E-state index contributed by atoms with van der Waals surface area (Å²) in [5.41, 5.74) is 0.585. The molecule has 1 N–H and O–H groups in total. The van der Waals surface area contributed by atoms with E-state index >= 15 is 0 Å². The highest BCUT2D eigenvalue weighted by Gasteiger charge is 2.15. The number of rotatable bonds is 3. The van der Waals surface area contributed by atoms with Crippen LogP contribution in [0.2, 0.25) is 5.02 Å². The van der Waals surface area contributed by atoms with Crippen molar-refractivity contribution in [3.63, 3.8) is 0 Å². The number of anilines is 1. The van der Waals surface area contributed by atoms with Gasteiger partial charge in [0.2, 0.25) is 0 Å². The summed E-state index contributed by atoms with van der Waals surface area (Å²) in [4.78, 5) is 23.3. The molecule has 3 nitrogen and oxygen atoms in total. The van der Waals surface area contributed by atoms with E-state index in [4.69, 9.17) is 11.6 Å². The second-order valence-electron chi connectivity index (χ2n) is 4.34. The van der Waals surface area contributed by atoms with Crippen molar-refractivity contribution in [3.8, 4) is 0 Å². The zero-order valence-corrected chi connectivity index (χ0v) is 11.7. The van der Waals surface area contributed by atoms with Crippen molar-refractivity contribution in [2.24, 2.45) is 0 Å². The van der Waals surface area contributed by atoms with Gasteiger partial charge in [-0.3, -0.25) is 9.59 Å². The molecular weight excluding hydrogens is 300 g/mol. The lowest BCUT2D eigenvalue weighted by Gasteiger charge is -2.08. The molecule has 0 spiro atoms. The molecule has 2 aromatic carbocycles. The Hall–Kier alpha value is -2.27. The van der Waals surface area contributed by atoms with Gasteiger partial charge in [-0.1, -0.05) is 23.7 Å². The SMILES string of the molecule is CC(=O)c1cccc(NC(=O)c2cc(F)c(F)cc2Cl)c1. The highest BCUT2D eigenvalue weighted by molar-refractivity contribution is 6.34. The molecule has 0 saturated carbocycles. The van der Waals surface area contributed by atoms with Gasteiger partial charge < -0.3 is 5.32 Å². The van der Waals surface area contributed by atoms with Crippen LogP contribution in [0.5, 0.6) is 0 Å². The molecule has 0 unspecified atom stereocenters. The maximum atomic E-state index is 13.2. The average molecular weight is 310 g/mol. The molecule has 0 heterocycles. The minimum Gasteiger partial charge on any atom is -0.322 e. The fourth-order valence-electron chi connectivity index (χ4n) is 1.71. The van der Waals surface area contributed by atoms with Gasteiger partial charge in [0, 0.05) is 11.3 Å². The second kappa shape index (κ2) is 6.01. The fraction of sp³-hybridized carbons (Fsp3) is 0.0667. The summed E-state index contributed by atoms with van der Waals surface area (Å²) >= 11 is 5.72. The number of ketones is 1. The number of amides is 1. The third-order valence-electron chi connectivity index (χ3n) is 2.78. The van der Waals surface area contributed by atoms with Crippen LogP contribution >= 0.6 is 11.6 Å². The normalized spacial score (nSPS) is 10.3. The van der Waals surface area contributed by atoms with E-state index in [0.717, 1.165) is 12.1 Å². The molecule has 6 heteroatoms. The Morgan fingerprint density at radius 3 is 2.43 bits per heavy atom. The summed E-state index contributed by atoms with van der Waals surface area (Å²) in [6, 6.07) is 7.70. The minimum absolute atomic E-state index is 0.156. The number of nitrogens with one attached hydrogen (secondary N) is 1. The van der Waals surface area contributed by atoms with Crippen LogP contribution in [0.1, 0.15) is 27.6 Å². The van der Waals surface area contributed by atoms with E-state index in [-0.39, 0.29) is 16.4 Å². The molecule has 108 valence electrons. The molecule has 0 saturated heterocycles. The number of carbonyl (C=O) groups is 2. The Labute approximate surface area is 124 Å². The third-order valence-corrected chi connectivity index (χ3v) is 3.09. The molecular formula is C15H10ClF2NO2. The molecule has 2 rings (SSSR count). The first-order valence-corrected chi connectivity index (χ1v) is 6.33. The van der Waals surface area contributed by atoms with Crippen LogP contribution in [0.25, 0.3) is 0 Å². The van der Waals surface area contributed by atoms with Gasteiger partial charge in [-0.25, -0.2) is 8.78 Å². The Balaban J connectivity index is 2.28. The Morgan fingerprint density at radius 1 is 1.10 bits per heavy atom. The van der Waals surface area contributed by atoms with Crippen molar-refractivity contribution >= 4 is 29.0 Å². The summed E-state index contributed by atoms with van der Waals surface area (Å²) in [5, 5.41) is 2.28. The van der Waals surface area contributed by atoms with Crippen molar-refractivity contribution in [1.82, 2.24) is 0 Å². The van der Waals surface area contributed by atoms with Crippen LogP contribution < -0.4 is 5.32 Å². The number of carbonyl (C=O) groups excluding carboxylic acids is 2. The Bertz CT molecular complexity index is 732. The van der Waals surface area contributed by atoms with Crippen molar-refractivity contribution in [3.05, 3.63) is 64.2 Å². The van der Waals surface area contributed by atoms with Crippen molar-refractivity contribution < 1.29 is 18.4 Å². The minimum atomic E-state index is -1.16. The molecule has 0 aliphatic rings. The van der Waals surface area contributed by atoms with Gasteiger partial charge in [-0.2, -0.15) is 0 Å². The first kappa shape index (κ1) is 15.1. The zero-order chi connectivity index (χ0) is 15.6. The van der Waals surface area contributed by atoms with Crippen LogP contribution in [0.3, 0.4) is 0 Å². The van der Waals surface area contributed by atoms with Gasteiger partial charge in [0.25, 0.3) is 5.91 Å². The van der Waals surface area contributed by atoms with Crippen LogP contribution in [0, 0.1) is 11.6 Å². The fourth-order valence-corrected chi connectivity index (χ4v) is 1.95. The molecule has 0 aromatic heterocycles. The zero-order valence-electron chi connectivity index (χ0n) is 10.9. The summed E-state index contributed by atoms with van der Waals surface area (Å²) in [6.45, 7) is 1.40. The van der Waals surface area contributed by atoms with Gasteiger partial charge in [0.15, 0.2) is 17.4 Å². The lowest BCUT2D eigenvalue weighted by molar-refractivity contribution is 0.101. The quantitative estimate of drug-likeness (QED) is 0.686. The molecule has 0 aliphatic carbocycles. The van der Waals surface area contributed by atoms with Crippen molar-refractivity contribution in [2.75, 3.05) is 5.32 Å². The lowest BCUT2D eigenvalue weighted by atomic mass is 10.1. The summed E-state index contributed by atoms with van der Waals surface area (Å²) < 4.78 is 26.1. The highest BCUT2D eigenvalue weighted by Crippen LogP contribution is 2.21. The average Bonchev–Trinajstić information content (AvgIpc) is 2.43. The van der Waals surface area contributed by atoms with E-state index < -0.39 is 17.5 Å². The first-order valence-electron chi connectivity index (χ1n) is 5.95. The van der Waals surface area contributed by atoms with E-state index in [1.807, 2.05) is 0 Å². The number of benzene rings is 2. The smallest absolute Gasteiger partial charge is 0.257 e. The van der Waals surface area contributed by atoms with E-state index in [1.54, 1.807) is 18.2 Å². The predicted molar refractivity (Wildman–Crippen MR) is 75.8 cm³/mol. The van der Waals surface area contributed by atoms with E-state index in [0.29, 0.717) is 11.3 Å². The third kappa shape index (κ3) is 3.44. The topological polar surface area (TPSA) is 46.2 Å². The summed E-state index contributed by atoms with van der Waals surface area (Å²) in [5.74, 6) is -3.14. The molecule has 21 heavy (non-hydrogen) atoms. The summed E-state index contributed by atoms with van der Waals surface area (Å²) in [6.07, 6.45) is 0. The largest absolute Gasteiger partial charge is 0.322 e. The molecule has 1 amide bonds. The van der Waals surface area contributed by atoms with Crippen molar-refractivity contribution in [2.45, 2.75) is 6.92 Å². The Morgan fingerprint density at radius 2 is 1.76 bits per heavy atom. The number of Topliss-reactive ketones (excluding diaryl/α,β-unsaturated/α-hetero) is 1. The lowest BCUT2D eigenvalue weighted by Crippen LogP contribution is -2.13. The highest BCUT2D eigenvalue weighted by atomic mass is 35.5. The molecule has 0 bridgehead atoms. The molecule has 0 radical (unpaired) electrons. The first-order chi connectivity index (χ1) is 9.88. The van der Waals surface area contributed by atoms with E-state index in [9.17, 15) is 18.4 Å². The standard InChI is InChI=1S/C15H10ClF2NO2/c1-8(20)9-3-2-4-10(5-9)19-15(21)11-6-13(17)14(18)7-12(11)16/h2-7H,1H3,(H,19,21). The van der Waals surface area contributed by atoms with E-state index in [1.165, 1.54) is 13.0 Å². The van der Waals surface area contributed by atoms with Gasteiger partial charge >= 0.3 is 0 Å². The molecule has 0 fully saturated rings.